The highest BCUT2D eigenvalue weighted by Gasteiger charge is 2.30. The van der Waals surface area contributed by atoms with E-state index in [-0.39, 0.29) is 6.42 Å². The maximum absolute atomic E-state index is 11.6. The normalized spacial score (nSPS) is 18.9. The van der Waals surface area contributed by atoms with Gasteiger partial charge in [-0.3, -0.25) is 14.5 Å². The molecule has 1 rings (SSSR count). The van der Waals surface area contributed by atoms with Crippen LogP contribution in [0.15, 0.2) is 0 Å². The number of methoxy groups -OCH3 is 2. The van der Waals surface area contributed by atoms with E-state index in [1.165, 1.54) is 14.2 Å². The third-order valence-electron chi connectivity index (χ3n) is 2.55. The van der Waals surface area contributed by atoms with E-state index in [4.69, 9.17) is 4.74 Å². The molecule has 0 bridgehead atoms. The molecular formula is C10H17NO5. The molecule has 6 nitrogen and oxygen atoms in total. The topological polar surface area (TPSA) is 65.1 Å². The van der Waals surface area contributed by atoms with E-state index in [0.29, 0.717) is 26.3 Å². The van der Waals surface area contributed by atoms with Crippen LogP contribution in [-0.2, 0) is 23.8 Å². The summed E-state index contributed by atoms with van der Waals surface area (Å²) in [4.78, 5) is 24.6. The highest BCUT2D eigenvalue weighted by Crippen LogP contribution is 2.10. The van der Waals surface area contributed by atoms with Crippen LogP contribution < -0.4 is 0 Å². The Morgan fingerprint density at radius 3 is 2.38 bits per heavy atom. The molecule has 0 aromatic rings. The lowest BCUT2D eigenvalue weighted by Crippen LogP contribution is -2.48. The standard InChI is InChI=1S/C10H17NO5/c1-14-9(12)7-8(10(13)15-2)11-3-5-16-6-4-11/h8H,3-7H2,1-2H3/t8-/m1/s1. The van der Waals surface area contributed by atoms with Crippen molar-refractivity contribution in [2.45, 2.75) is 12.5 Å². The van der Waals surface area contributed by atoms with Gasteiger partial charge in [0.15, 0.2) is 0 Å². The van der Waals surface area contributed by atoms with Crippen LogP contribution in [0.3, 0.4) is 0 Å². The Labute approximate surface area is 94.4 Å². The first-order valence-electron chi connectivity index (χ1n) is 5.15. The maximum atomic E-state index is 11.6. The Kier molecular flexibility index (Phi) is 5.21. The van der Waals surface area contributed by atoms with Crippen molar-refractivity contribution >= 4 is 11.9 Å². The van der Waals surface area contributed by atoms with Crippen LogP contribution >= 0.6 is 0 Å². The van der Waals surface area contributed by atoms with Gasteiger partial charge in [-0.25, -0.2) is 0 Å². The van der Waals surface area contributed by atoms with Crippen LogP contribution in [-0.4, -0.2) is 63.4 Å². The molecule has 16 heavy (non-hydrogen) atoms. The number of nitrogens with zero attached hydrogens (tertiary/aromatic N) is 1. The second-order valence-electron chi connectivity index (χ2n) is 3.47. The number of carbonyl (C=O) groups is 2. The lowest BCUT2D eigenvalue weighted by molar-refractivity contribution is -0.155. The van der Waals surface area contributed by atoms with Crippen LogP contribution in [0.1, 0.15) is 6.42 Å². The minimum absolute atomic E-state index is 0.0170. The van der Waals surface area contributed by atoms with Crippen molar-refractivity contribution in [2.75, 3.05) is 40.5 Å². The van der Waals surface area contributed by atoms with Crippen molar-refractivity contribution in [3.63, 3.8) is 0 Å². The number of ether oxygens (including phenoxy) is 3. The summed E-state index contributed by atoms with van der Waals surface area (Å²) in [6.07, 6.45) is 0.0170. The van der Waals surface area contributed by atoms with Gasteiger partial charge in [-0.05, 0) is 0 Å². The Morgan fingerprint density at radius 2 is 1.88 bits per heavy atom. The quantitative estimate of drug-likeness (QED) is 0.603. The fourth-order valence-corrected chi connectivity index (χ4v) is 1.63. The molecule has 1 saturated heterocycles. The van der Waals surface area contributed by atoms with Crippen molar-refractivity contribution in [1.29, 1.82) is 0 Å². The minimum Gasteiger partial charge on any atom is -0.469 e. The van der Waals surface area contributed by atoms with Gasteiger partial charge in [-0.15, -0.1) is 0 Å². The third kappa shape index (κ3) is 3.46. The molecule has 0 radical (unpaired) electrons. The Hall–Kier alpha value is -1.14. The van der Waals surface area contributed by atoms with E-state index in [1.54, 1.807) is 0 Å². The zero-order valence-corrected chi connectivity index (χ0v) is 9.60. The molecule has 0 aromatic carbocycles. The van der Waals surface area contributed by atoms with E-state index in [1.807, 2.05) is 4.90 Å². The average molecular weight is 231 g/mol. The number of esters is 2. The summed E-state index contributed by atoms with van der Waals surface area (Å²) in [6.45, 7) is 2.37. The van der Waals surface area contributed by atoms with Crippen molar-refractivity contribution in [2.24, 2.45) is 0 Å². The number of carbonyl (C=O) groups excluding carboxylic acids is 2. The van der Waals surface area contributed by atoms with E-state index in [9.17, 15) is 9.59 Å². The van der Waals surface area contributed by atoms with Crippen LogP contribution in [0.2, 0.25) is 0 Å². The summed E-state index contributed by atoms with van der Waals surface area (Å²) in [5.74, 6) is -0.825. The lowest BCUT2D eigenvalue weighted by atomic mass is 10.1. The molecule has 1 aliphatic heterocycles. The van der Waals surface area contributed by atoms with Crippen molar-refractivity contribution < 1.29 is 23.8 Å². The number of hydrogen-bond donors (Lipinski definition) is 0. The van der Waals surface area contributed by atoms with Gasteiger partial charge in [0.05, 0.1) is 33.9 Å². The average Bonchev–Trinajstić information content (AvgIpc) is 2.35. The Bertz CT molecular complexity index is 250. The monoisotopic (exact) mass is 231 g/mol. The molecule has 1 heterocycles. The fraction of sp³-hybridized carbons (Fsp3) is 0.800. The molecule has 0 aliphatic carbocycles. The summed E-state index contributed by atoms with van der Waals surface area (Å²) in [5.41, 5.74) is 0. The molecule has 1 fully saturated rings. The highest BCUT2D eigenvalue weighted by atomic mass is 16.5. The van der Waals surface area contributed by atoms with E-state index in [0.717, 1.165) is 0 Å². The molecule has 0 saturated carbocycles. The van der Waals surface area contributed by atoms with E-state index < -0.39 is 18.0 Å². The SMILES string of the molecule is COC(=O)C[C@H](C(=O)OC)N1CCOCC1. The van der Waals surface area contributed by atoms with Gasteiger partial charge < -0.3 is 14.2 Å². The van der Waals surface area contributed by atoms with Gasteiger partial charge in [-0.1, -0.05) is 0 Å². The molecule has 0 amide bonds. The summed E-state index contributed by atoms with van der Waals surface area (Å²) in [6, 6.07) is -0.568. The Morgan fingerprint density at radius 1 is 1.25 bits per heavy atom. The first-order valence-corrected chi connectivity index (χ1v) is 5.15. The minimum atomic E-state index is -0.568. The largest absolute Gasteiger partial charge is 0.469 e. The molecule has 92 valence electrons. The molecule has 1 atom stereocenters. The summed E-state index contributed by atoms with van der Waals surface area (Å²) < 4.78 is 14.4. The second kappa shape index (κ2) is 6.44. The van der Waals surface area contributed by atoms with Crippen LogP contribution in [0.5, 0.6) is 0 Å². The predicted octanol–water partition coefficient (Wildman–Crippen LogP) is -0.577. The Balaban J connectivity index is 2.61. The first kappa shape index (κ1) is 12.9. The lowest BCUT2D eigenvalue weighted by Gasteiger charge is -2.31. The van der Waals surface area contributed by atoms with E-state index in [2.05, 4.69) is 9.47 Å². The number of morpholine rings is 1. The van der Waals surface area contributed by atoms with Crippen molar-refractivity contribution in [3.8, 4) is 0 Å². The smallest absolute Gasteiger partial charge is 0.323 e. The molecule has 0 unspecified atom stereocenters. The van der Waals surface area contributed by atoms with Gasteiger partial charge in [-0.2, -0.15) is 0 Å². The fourth-order valence-electron chi connectivity index (χ4n) is 1.63. The van der Waals surface area contributed by atoms with Crippen LogP contribution in [0, 0.1) is 0 Å². The van der Waals surface area contributed by atoms with Crippen molar-refractivity contribution in [3.05, 3.63) is 0 Å². The molecular weight excluding hydrogens is 214 g/mol. The molecule has 0 N–H and O–H groups in total. The van der Waals surface area contributed by atoms with Gasteiger partial charge in [0.1, 0.15) is 6.04 Å². The van der Waals surface area contributed by atoms with Crippen LogP contribution in [0.4, 0.5) is 0 Å². The predicted molar refractivity (Wildman–Crippen MR) is 54.8 cm³/mol. The van der Waals surface area contributed by atoms with Gasteiger partial charge in [0, 0.05) is 13.1 Å². The van der Waals surface area contributed by atoms with Gasteiger partial charge in [0.25, 0.3) is 0 Å². The molecule has 6 heteroatoms. The zero-order valence-electron chi connectivity index (χ0n) is 9.60. The molecule has 1 aliphatic rings. The third-order valence-corrected chi connectivity index (χ3v) is 2.55. The summed E-state index contributed by atoms with van der Waals surface area (Å²) in [7, 11) is 2.61. The number of rotatable bonds is 4. The highest BCUT2D eigenvalue weighted by molar-refractivity contribution is 5.82. The number of hydrogen-bond acceptors (Lipinski definition) is 6. The maximum Gasteiger partial charge on any atom is 0.323 e. The molecule has 0 spiro atoms. The summed E-state index contributed by atoms with van der Waals surface area (Å²) >= 11 is 0. The van der Waals surface area contributed by atoms with Gasteiger partial charge in [0.2, 0.25) is 0 Å². The first-order chi connectivity index (χ1) is 7.69. The zero-order chi connectivity index (χ0) is 12.0. The van der Waals surface area contributed by atoms with Crippen LogP contribution in [0.25, 0.3) is 0 Å². The van der Waals surface area contributed by atoms with E-state index >= 15 is 0 Å². The second-order valence-corrected chi connectivity index (χ2v) is 3.47. The van der Waals surface area contributed by atoms with Crippen molar-refractivity contribution in [1.82, 2.24) is 4.90 Å². The summed E-state index contributed by atoms with van der Waals surface area (Å²) in [5, 5.41) is 0. The molecule has 0 aromatic heterocycles. The van der Waals surface area contributed by atoms with Gasteiger partial charge >= 0.3 is 11.9 Å².